The summed E-state index contributed by atoms with van der Waals surface area (Å²) in [6.07, 6.45) is 4.05. The molecule has 1 aromatic carbocycles. The van der Waals surface area contributed by atoms with Crippen LogP contribution in [0.1, 0.15) is 12.0 Å². The van der Waals surface area contributed by atoms with Crippen molar-refractivity contribution in [3.63, 3.8) is 0 Å². The Hall–Kier alpha value is -3.76. The Morgan fingerprint density at radius 2 is 1.74 bits per heavy atom. The van der Waals surface area contributed by atoms with Gasteiger partial charge < -0.3 is 9.30 Å². The number of nitrogens with one attached hydrogen (secondary N) is 1. The van der Waals surface area contributed by atoms with Gasteiger partial charge in [0.1, 0.15) is 0 Å². The molecule has 10 heteroatoms. The molecule has 5 rings (SSSR count). The summed E-state index contributed by atoms with van der Waals surface area (Å²) in [6, 6.07) is 15.2. The lowest BCUT2D eigenvalue weighted by atomic mass is 10.2. The van der Waals surface area contributed by atoms with Gasteiger partial charge in [0.05, 0.1) is 21.8 Å². The molecular weight excluding hydrogens is 452 g/mol. The third-order valence-corrected chi connectivity index (χ3v) is 6.37. The number of rotatable bonds is 8. The van der Waals surface area contributed by atoms with E-state index in [-0.39, 0.29) is 11.1 Å². The van der Waals surface area contributed by atoms with E-state index in [1.807, 2.05) is 30.3 Å². The summed E-state index contributed by atoms with van der Waals surface area (Å²) in [5.74, 6) is 1.03. The smallest absolute Gasteiger partial charge is 0.266 e. The zero-order valence-electron chi connectivity index (χ0n) is 18.5. The van der Waals surface area contributed by atoms with Crippen molar-refractivity contribution in [1.29, 1.82) is 0 Å². The van der Waals surface area contributed by atoms with Crippen LogP contribution in [0.5, 0.6) is 0 Å². The second kappa shape index (κ2) is 9.62. The van der Waals surface area contributed by atoms with Crippen LogP contribution in [-0.4, -0.2) is 43.0 Å². The lowest BCUT2D eigenvalue weighted by molar-refractivity contribution is 0.190. The number of H-pyrrole nitrogens is 1. The van der Waals surface area contributed by atoms with Crippen molar-refractivity contribution in [2.75, 3.05) is 13.7 Å². The minimum atomic E-state index is -0.322. The molecule has 4 aromatic heterocycles. The van der Waals surface area contributed by atoms with Crippen molar-refractivity contribution in [2.45, 2.75) is 23.9 Å². The van der Waals surface area contributed by atoms with Gasteiger partial charge in [0.2, 0.25) is 11.1 Å². The second-order valence-corrected chi connectivity index (χ2v) is 8.66. The topological polar surface area (TPSA) is 108 Å². The summed E-state index contributed by atoms with van der Waals surface area (Å²) in [5, 5.41) is 8.35. The van der Waals surface area contributed by atoms with Gasteiger partial charge in [-0.1, -0.05) is 42.1 Å². The van der Waals surface area contributed by atoms with Gasteiger partial charge in [-0.05, 0) is 30.2 Å². The quantitative estimate of drug-likeness (QED) is 0.209. The predicted octanol–water partition coefficient (Wildman–Crippen LogP) is 3.15. The lowest BCUT2D eigenvalue weighted by Crippen LogP contribution is -2.22. The predicted molar refractivity (Wildman–Crippen MR) is 132 cm³/mol. The average molecular weight is 475 g/mol. The fraction of sp³-hybridized carbons (Fsp3) is 0.208. The third kappa shape index (κ3) is 4.37. The highest BCUT2D eigenvalue weighted by molar-refractivity contribution is 7.98. The Morgan fingerprint density at radius 3 is 2.53 bits per heavy atom. The van der Waals surface area contributed by atoms with E-state index in [1.165, 1.54) is 16.3 Å². The molecule has 0 radical (unpaired) electrons. The van der Waals surface area contributed by atoms with E-state index in [0.29, 0.717) is 52.5 Å². The van der Waals surface area contributed by atoms with Gasteiger partial charge in [0.25, 0.3) is 11.1 Å². The first-order valence-electron chi connectivity index (χ1n) is 10.8. The zero-order chi connectivity index (χ0) is 23.5. The Bertz CT molecular complexity index is 1580. The maximum atomic E-state index is 13.3. The number of hydrogen-bond acceptors (Lipinski definition) is 7. The van der Waals surface area contributed by atoms with Crippen LogP contribution in [0.25, 0.3) is 27.8 Å². The number of hydrogen-bond donors (Lipinski definition) is 1. The van der Waals surface area contributed by atoms with Crippen molar-refractivity contribution in [2.24, 2.45) is 0 Å². The van der Waals surface area contributed by atoms with Crippen LogP contribution >= 0.6 is 11.8 Å². The molecule has 9 nitrogen and oxygen atoms in total. The summed E-state index contributed by atoms with van der Waals surface area (Å²) in [4.78, 5) is 35.2. The van der Waals surface area contributed by atoms with Gasteiger partial charge in [0.15, 0.2) is 0 Å². The number of methoxy groups -OCH3 is 1. The maximum absolute atomic E-state index is 13.3. The van der Waals surface area contributed by atoms with Gasteiger partial charge in [0, 0.05) is 38.4 Å². The van der Waals surface area contributed by atoms with Crippen LogP contribution in [0.15, 0.2) is 75.7 Å². The molecule has 0 aliphatic carbocycles. The number of aryl methyl sites for hydroxylation is 1. The molecule has 172 valence electrons. The van der Waals surface area contributed by atoms with Gasteiger partial charge in [-0.15, -0.1) is 5.10 Å². The molecule has 0 unspecified atom stereocenters. The van der Waals surface area contributed by atoms with Crippen molar-refractivity contribution in [3.05, 3.63) is 87.2 Å². The van der Waals surface area contributed by atoms with E-state index in [9.17, 15) is 9.59 Å². The van der Waals surface area contributed by atoms with E-state index in [4.69, 9.17) is 4.74 Å². The molecular formula is C24H22N6O3S. The van der Waals surface area contributed by atoms with Crippen LogP contribution in [0.4, 0.5) is 0 Å². The number of ether oxygens (including phenoxy) is 1. The second-order valence-electron chi connectivity index (χ2n) is 7.72. The van der Waals surface area contributed by atoms with E-state index in [0.717, 1.165) is 11.3 Å². The maximum Gasteiger partial charge on any atom is 0.266 e. The highest BCUT2D eigenvalue weighted by Crippen LogP contribution is 2.20. The van der Waals surface area contributed by atoms with E-state index < -0.39 is 0 Å². The fourth-order valence-corrected chi connectivity index (χ4v) is 4.47. The zero-order valence-corrected chi connectivity index (χ0v) is 19.3. The summed E-state index contributed by atoms with van der Waals surface area (Å²) in [5.41, 5.74) is 1.72. The Balaban J connectivity index is 1.48. The number of benzene rings is 1. The van der Waals surface area contributed by atoms with E-state index in [2.05, 4.69) is 20.2 Å². The standard InChI is InChI=1S/C24H22N6O3S/c1-33-13-5-10-29-11-8-19-17(21(29)31)14-18-20(25-19)9-12-30(22(18)32)23-26-24(28-27-23)34-15-16-6-3-2-4-7-16/h2-4,6-9,11-12,14H,5,10,13,15H2,1H3,(H,26,27,28). The first kappa shape index (κ1) is 22.1. The van der Waals surface area contributed by atoms with Crippen LogP contribution in [0, 0.1) is 0 Å². The van der Waals surface area contributed by atoms with Crippen LogP contribution in [0.2, 0.25) is 0 Å². The third-order valence-electron chi connectivity index (χ3n) is 5.46. The van der Waals surface area contributed by atoms with Crippen molar-refractivity contribution >= 4 is 33.6 Å². The van der Waals surface area contributed by atoms with Crippen molar-refractivity contribution in [3.8, 4) is 5.95 Å². The molecule has 0 aliphatic rings. The van der Waals surface area contributed by atoms with Crippen molar-refractivity contribution < 1.29 is 4.74 Å². The van der Waals surface area contributed by atoms with Gasteiger partial charge in [-0.3, -0.25) is 14.2 Å². The van der Waals surface area contributed by atoms with Gasteiger partial charge in [-0.2, -0.15) is 4.98 Å². The van der Waals surface area contributed by atoms with Gasteiger partial charge >= 0.3 is 0 Å². The summed E-state index contributed by atoms with van der Waals surface area (Å²) >= 11 is 1.48. The lowest BCUT2D eigenvalue weighted by Gasteiger charge is -2.08. The SMILES string of the molecule is COCCCn1ccc2nc3ccn(-c4nc(SCc5ccccc5)n[nH]4)c(=O)c3cc2c1=O. The van der Waals surface area contributed by atoms with Crippen LogP contribution in [0.3, 0.4) is 0 Å². The molecule has 0 saturated heterocycles. The molecule has 0 spiro atoms. The summed E-state index contributed by atoms with van der Waals surface area (Å²) in [6.45, 7) is 1.09. The molecule has 0 amide bonds. The molecule has 1 N–H and O–H groups in total. The fourth-order valence-electron chi connectivity index (χ4n) is 3.72. The van der Waals surface area contributed by atoms with Crippen molar-refractivity contribution in [1.82, 2.24) is 29.3 Å². The Morgan fingerprint density at radius 1 is 0.971 bits per heavy atom. The van der Waals surface area contributed by atoms with Crippen LogP contribution in [-0.2, 0) is 17.0 Å². The highest BCUT2D eigenvalue weighted by atomic mass is 32.2. The highest BCUT2D eigenvalue weighted by Gasteiger charge is 2.13. The van der Waals surface area contributed by atoms with E-state index >= 15 is 0 Å². The van der Waals surface area contributed by atoms with E-state index in [1.54, 1.807) is 42.3 Å². The molecule has 0 bridgehead atoms. The first-order valence-corrected chi connectivity index (χ1v) is 11.8. The Labute approximate surface area is 198 Å². The minimum Gasteiger partial charge on any atom is -0.385 e. The molecule has 5 aromatic rings. The molecule has 0 atom stereocenters. The number of aromatic amines is 1. The molecule has 4 heterocycles. The number of nitrogens with zero attached hydrogens (tertiary/aromatic N) is 5. The normalized spacial score (nSPS) is 11.4. The number of aromatic nitrogens is 6. The summed E-state index contributed by atoms with van der Waals surface area (Å²) in [7, 11) is 1.63. The summed E-state index contributed by atoms with van der Waals surface area (Å²) < 4.78 is 8.07. The molecule has 0 fully saturated rings. The number of fused-ring (bicyclic) bond motifs is 2. The number of thioether (sulfide) groups is 1. The molecule has 0 saturated carbocycles. The Kier molecular flexibility index (Phi) is 6.24. The largest absolute Gasteiger partial charge is 0.385 e. The minimum absolute atomic E-state index is 0.183. The molecule has 34 heavy (non-hydrogen) atoms. The molecule has 0 aliphatic heterocycles. The van der Waals surface area contributed by atoms with Crippen LogP contribution < -0.4 is 11.1 Å². The number of pyridine rings is 3. The average Bonchev–Trinajstić information content (AvgIpc) is 3.33. The first-order chi connectivity index (χ1) is 16.6. The monoisotopic (exact) mass is 474 g/mol. The van der Waals surface area contributed by atoms with Gasteiger partial charge in [-0.25, -0.2) is 10.1 Å².